The Morgan fingerprint density at radius 3 is 2.77 bits per heavy atom. The minimum absolute atomic E-state index is 0.00467. The van der Waals surface area contributed by atoms with Crippen LogP contribution in [0.5, 0.6) is 0 Å². The molecule has 0 saturated heterocycles. The van der Waals surface area contributed by atoms with Gasteiger partial charge in [-0.2, -0.15) is 0 Å². The molecule has 10 heteroatoms. The smallest absolute Gasteiger partial charge is 0.328 e. The van der Waals surface area contributed by atoms with Crippen molar-refractivity contribution in [3.63, 3.8) is 0 Å². The second-order valence-electron chi connectivity index (χ2n) is 5.95. The van der Waals surface area contributed by atoms with Crippen LogP contribution >= 0.6 is 23.1 Å². The van der Waals surface area contributed by atoms with Crippen LogP contribution in [0.25, 0.3) is 10.2 Å². The molecule has 1 aromatic heterocycles. The van der Waals surface area contributed by atoms with Crippen molar-refractivity contribution in [2.45, 2.75) is 30.6 Å². The zero-order valence-corrected chi connectivity index (χ0v) is 16.2. The molecule has 26 heavy (non-hydrogen) atoms. The van der Waals surface area contributed by atoms with Crippen molar-refractivity contribution >= 4 is 50.9 Å². The summed E-state index contributed by atoms with van der Waals surface area (Å²) in [6.45, 7) is 3.91. The molecule has 0 fully saturated rings. The average molecular weight is 397 g/mol. The van der Waals surface area contributed by atoms with Crippen molar-refractivity contribution in [1.82, 2.24) is 10.3 Å². The molecular weight excluding hydrogens is 378 g/mol. The van der Waals surface area contributed by atoms with Gasteiger partial charge in [0.1, 0.15) is 6.04 Å². The van der Waals surface area contributed by atoms with E-state index in [1.807, 2.05) is 13.8 Å². The molecule has 0 saturated carbocycles. The quantitative estimate of drug-likeness (QED) is 0.315. The first-order valence-corrected chi connectivity index (χ1v) is 9.65. The molecule has 1 N–H and O–H groups in total. The van der Waals surface area contributed by atoms with Crippen LogP contribution in [0.1, 0.15) is 20.3 Å². The molecule has 0 spiro atoms. The van der Waals surface area contributed by atoms with Gasteiger partial charge in [-0.25, -0.2) is 9.78 Å². The number of rotatable bonds is 8. The van der Waals surface area contributed by atoms with Crippen LogP contribution in [-0.2, 0) is 14.3 Å². The van der Waals surface area contributed by atoms with Crippen LogP contribution < -0.4 is 5.32 Å². The van der Waals surface area contributed by atoms with Gasteiger partial charge in [-0.3, -0.25) is 14.9 Å². The molecule has 8 nitrogen and oxygen atoms in total. The number of fused-ring (bicyclic) bond motifs is 1. The molecule has 1 heterocycles. The number of benzene rings is 1. The molecule has 140 valence electrons. The highest BCUT2D eigenvalue weighted by molar-refractivity contribution is 8.01. The molecule has 0 unspecified atom stereocenters. The number of thiazole rings is 1. The van der Waals surface area contributed by atoms with Crippen molar-refractivity contribution in [3.05, 3.63) is 28.3 Å². The number of carbonyl (C=O) groups excluding carboxylic acids is 2. The van der Waals surface area contributed by atoms with Crippen LogP contribution in [0, 0.1) is 16.0 Å². The summed E-state index contributed by atoms with van der Waals surface area (Å²) in [5.41, 5.74) is 0.654. The summed E-state index contributed by atoms with van der Waals surface area (Å²) in [6.07, 6.45) is 0.494. The fourth-order valence-electron chi connectivity index (χ4n) is 2.26. The number of carbonyl (C=O) groups is 2. The third-order valence-electron chi connectivity index (χ3n) is 3.42. The Morgan fingerprint density at radius 1 is 1.42 bits per heavy atom. The number of amides is 1. The molecule has 0 bridgehead atoms. The second-order valence-corrected chi connectivity index (χ2v) is 8.20. The van der Waals surface area contributed by atoms with E-state index in [2.05, 4.69) is 10.3 Å². The van der Waals surface area contributed by atoms with Crippen molar-refractivity contribution in [3.8, 4) is 0 Å². The average Bonchev–Trinajstić information content (AvgIpc) is 3.00. The van der Waals surface area contributed by atoms with Crippen LogP contribution in [0.4, 0.5) is 5.69 Å². The number of non-ortho nitro benzene ring substituents is 1. The highest BCUT2D eigenvalue weighted by atomic mass is 32.2. The predicted octanol–water partition coefficient (Wildman–Crippen LogP) is 3.00. The van der Waals surface area contributed by atoms with Crippen molar-refractivity contribution in [2.24, 2.45) is 5.92 Å². The van der Waals surface area contributed by atoms with E-state index in [0.717, 1.165) is 0 Å². The van der Waals surface area contributed by atoms with Crippen LogP contribution in [-0.4, -0.2) is 40.7 Å². The van der Waals surface area contributed by atoms with Gasteiger partial charge in [-0.1, -0.05) is 25.6 Å². The van der Waals surface area contributed by atoms with Gasteiger partial charge >= 0.3 is 5.97 Å². The number of nitro benzene ring substituents is 1. The number of methoxy groups -OCH3 is 1. The number of hydrogen-bond acceptors (Lipinski definition) is 8. The fourth-order valence-corrected chi connectivity index (χ4v) is 4.17. The number of nitrogens with one attached hydrogen (secondary N) is 1. The summed E-state index contributed by atoms with van der Waals surface area (Å²) in [4.78, 5) is 38.6. The Bertz CT molecular complexity index is 821. The summed E-state index contributed by atoms with van der Waals surface area (Å²) >= 11 is 2.51. The first kappa shape index (κ1) is 20.1. The molecule has 1 atom stereocenters. The summed E-state index contributed by atoms with van der Waals surface area (Å²) in [6, 6.07) is 3.78. The summed E-state index contributed by atoms with van der Waals surface area (Å²) in [5.74, 6) is -0.444. The largest absolute Gasteiger partial charge is 0.467 e. The zero-order chi connectivity index (χ0) is 19.3. The van der Waals surface area contributed by atoms with Gasteiger partial charge in [0.15, 0.2) is 4.34 Å². The van der Waals surface area contributed by atoms with Gasteiger partial charge in [0, 0.05) is 12.1 Å². The van der Waals surface area contributed by atoms with Gasteiger partial charge in [0.25, 0.3) is 5.69 Å². The highest BCUT2D eigenvalue weighted by Gasteiger charge is 2.22. The predicted molar refractivity (Wildman–Crippen MR) is 100 cm³/mol. The van der Waals surface area contributed by atoms with Crippen molar-refractivity contribution in [2.75, 3.05) is 12.9 Å². The lowest BCUT2D eigenvalue weighted by atomic mass is 10.0. The Morgan fingerprint density at radius 2 is 2.15 bits per heavy atom. The van der Waals surface area contributed by atoms with E-state index in [1.165, 1.54) is 42.3 Å². The Labute approximate surface area is 158 Å². The van der Waals surface area contributed by atoms with E-state index in [1.54, 1.807) is 6.07 Å². The van der Waals surface area contributed by atoms with Gasteiger partial charge in [-0.15, -0.1) is 11.3 Å². The van der Waals surface area contributed by atoms with Crippen molar-refractivity contribution < 1.29 is 19.2 Å². The van der Waals surface area contributed by atoms with E-state index < -0.39 is 16.9 Å². The summed E-state index contributed by atoms with van der Waals surface area (Å²) in [5, 5.41) is 13.5. The Hall–Kier alpha value is -2.20. The third-order valence-corrected chi connectivity index (χ3v) is 5.58. The standard InChI is InChI=1S/C16H19N3O5S2/c1-9(2)6-12(15(21)24-3)17-14(20)8-25-16-18-11-5-4-10(19(22)23)7-13(11)26-16/h4-5,7,9,12H,6,8H2,1-3H3,(H,17,20)/t12-/m1/s1. The number of esters is 1. The minimum Gasteiger partial charge on any atom is -0.467 e. The third kappa shape index (κ3) is 5.40. The molecule has 2 aromatic rings. The number of hydrogen-bond donors (Lipinski definition) is 1. The maximum Gasteiger partial charge on any atom is 0.328 e. The van der Waals surface area contributed by atoms with Crippen LogP contribution in [0.15, 0.2) is 22.5 Å². The zero-order valence-electron chi connectivity index (χ0n) is 14.6. The van der Waals surface area contributed by atoms with E-state index in [-0.39, 0.29) is 23.3 Å². The molecule has 0 aliphatic heterocycles. The Kier molecular flexibility index (Phi) is 6.92. The van der Waals surface area contributed by atoms with Gasteiger partial charge in [0.05, 0.1) is 28.0 Å². The van der Waals surface area contributed by atoms with Crippen molar-refractivity contribution in [1.29, 1.82) is 0 Å². The lowest BCUT2D eigenvalue weighted by Gasteiger charge is -2.18. The van der Waals surface area contributed by atoms with E-state index in [4.69, 9.17) is 4.74 Å². The van der Waals surface area contributed by atoms with Crippen LogP contribution in [0.2, 0.25) is 0 Å². The van der Waals surface area contributed by atoms with Gasteiger partial charge < -0.3 is 10.1 Å². The minimum atomic E-state index is -0.675. The first-order chi connectivity index (χ1) is 12.3. The SMILES string of the molecule is COC(=O)[C@@H](CC(C)C)NC(=O)CSc1nc2ccc([N+](=O)[O-])cc2s1. The Balaban J connectivity index is 1.98. The molecule has 2 rings (SSSR count). The van der Waals surface area contributed by atoms with E-state index in [0.29, 0.717) is 21.0 Å². The number of ether oxygens (including phenoxy) is 1. The van der Waals surface area contributed by atoms with Gasteiger partial charge in [-0.05, 0) is 18.4 Å². The van der Waals surface area contributed by atoms with E-state index >= 15 is 0 Å². The molecule has 0 aliphatic rings. The lowest BCUT2D eigenvalue weighted by Crippen LogP contribution is -2.43. The number of aromatic nitrogens is 1. The van der Waals surface area contributed by atoms with E-state index in [9.17, 15) is 19.7 Å². The summed E-state index contributed by atoms with van der Waals surface area (Å²) < 4.78 is 6.04. The first-order valence-electron chi connectivity index (χ1n) is 7.85. The maximum absolute atomic E-state index is 12.1. The molecular formula is C16H19N3O5S2. The fraction of sp³-hybridized carbons (Fsp3) is 0.438. The molecule has 1 aromatic carbocycles. The molecule has 1 amide bonds. The topological polar surface area (TPSA) is 111 Å². The van der Waals surface area contributed by atoms with Gasteiger partial charge in [0.2, 0.25) is 5.91 Å². The monoisotopic (exact) mass is 397 g/mol. The summed E-state index contributed by atoms with van der Waals surface area (Å²) in [7, 11) is 1.29. The highest BCUT2D eigenvalue weighted by Crippen LogP contribution is 2.31. The van der Waals surface area contributed by atoms with Crippen LogP contribution in [0.3, 0.4) is 0 Å². The second kappa shape index (κ2) is 8.95. The maximum atomic E-state index is 12.1. The lowest BCUT2D eigenvalue weighted by molar-refractivity contribution is -0.384. The normalized spacial score (nSPS) is 12.2. The molecule has 0 aliphatic carbocycles. The number of thioether (sulfide) groups is 1. The molecule has 0 radical (unpaired) electrons. The number of nitrogens with zero attached hydrogens (tertiary/aromatic N) is 2. The number of nitro groups is 1.